The number of hydrogen-bond acceptors (Lipinski definition) is 7. The van der Waals surface area contributed by atoms with Crippen molar-refractivity contribution in [3.63, 3.8) is 0 Å². The molecule has 21 heavy (non-hydrogen) atoms. The van der Waals surface area contributed by atoms with Gasteiger partial charge in [0.15, 0.2) is 0 Å². The number of hydrogen-bond donors (Lipinski definition) is 1. The molecule has 0 aromatic heterocycles. The molecule has 1 N–H and O–H groups in total. The summed E-state index contributed by atoms with van der Waals surface area (Å²) in [6, 6.07) is 3.28. The van der Waals surface area contributed by atoms with Crippen molar-refractivity contribution < 1.29 is 14.6 Å². The van der Waals surface area contributed by atoms with Crippen molar-refractivity contribution in [3.8, 4) is 0 Å². The standard InChI is InChI=1S/C12H16N4O5/c1-4-21-12(2,3)8-13-14-10-6-5-9(15(17)18)7-11(10)16(19)20/h5-8,14H,4H2,1-3H3/b13-8-. The Labute approximate surface area is 120 Å². The van der Waals surface area contributed by atoms with Crippen molar-refractivity contribution >= 4 is 23.3 Å². The summed E-state index contributed by atoms with van der Waals surface area (Å²) >= 11 is 0. The van der Waals surface area contributed by atoms with E-state index in [2.05, 4.69) is 10.5 Å². The Kier molecular flexibility index (Phi) is 5.30. The minimum Gasteiger partial charge on any atom is -0.370 e. The molecule has 0 aliphatic heterocycles. The first-order chi connectivity index (χ1) is 9.76. The fraction of sp³-hybridized carbons (Fsp3) is 0.417. The molecule has 0 bridgehead atoms. The van der Waals surface area contributed by atoms with E-state index in [0.717, 1.165) is 6.07 Å². The first kappa shape index (κ1) is 16.5. The number of nitrogens with zero attached hydrogens (tertiary/aromatic N) is 3. The average molecular weight is 296 g/mol. The zero-order chi connectivity index (χ0) is 16.0. The number of nitro benzene ring substituents is 2. The molecular formula is C12H16N4O5. The van der Waals surface area contributed by atoms with Gasteiger partial charge in [0.2, 0.25) is 0 Å². The van der Waals surface area contributed by atoms with Crippen LogP contribution in [0.15, 0.2) is 23.3 Å². The van der Waals surface area contributed by atoms with E-state index in [4.69, 9.17) is 4.74 Å². The molecule has 0 unspecified atom stereocenters. The minimum absolute atomic E-state index is 0.0640. The van der Waals surface area contributed by atoms with Gasteiger partial charge in [-0.2, -0.15) is 5.10 Å². The zero-order valence-electron chi connectivity index (χ0n) is 11.9. The van der Waals surface area contributed by atoms with Crippen molar-refractivity contribution in [2.75, 3.05) is 12.0 Å². The first-order valence-corrected chi connectivity index (χ1v) is 6.14. The van der Waals surface area contributed by atoms with Crippen LogP contribution in [0, 0.1) is 20.2 Å². The summed E-state index contributed by atoms with van der Waals surface area (Å²) in [5.74, 6) is 0. The lowest BCUT2D eigenvalue weighted by Crippen LogP contribution is -2.26. The number of rotatable bonds is 7. The van der Waals surface area contributed by atoms with E-state index in [-0.39, 0.29) is 11.4 Å². The summed E-state index contributed by atoms with van der Waals surface area (Å²) in [5.41, 5.74) is 1.16. The average Bonchev–Trinajstić information content (AvgIpc) is 2.38. The Bertz CT molecular complexity index is 571. The van der Waals surface area contributed by atoms with Crippen molar-refractivity contribution in [1.82, 2.24) is 0 Å². The maximum Gasteiger partial charge on any atom is 0.301 e. The van der Waals surface area contributed by atoms with Crippen molar-refractivity contribution in [1.29, 1.82) is 0 Å². The van der Waals surface area contributed by atoms with Crippen LogP contribution < -0.4 is 5.43 Å². The Hall–Kier alpha value is -2.55. The van der Waals surface area contributed by atoms with Gasteiger partial charge in [0, 0.05) is 12.7 Å². The largest absolute Gasteiger partial charge is 0.370 e. The number of nitro groups is 2. The third-order valence-electron chi connectivity index (χ3n) is 2.47. The predicted octanol–water partition coefficient (Wildman–Crippen LogP) is 2.72. The number of non-ortho nitro benzene ring substituents is 1. The summed E-state index contributed by atoms with van der Waals surface area (Å²) in [4.78, 5) is 20.1. The van der Waals surface area contributed by atoms with Gasteiger partial charge >= 0.3 is 5.69 Å². The van der Waals surface area contributed by atoms with Gasteiger partial charge in [0.05, 0.1) is 27.7 Å². The first-order valence-electron chi connectivity index (χ1n) is 6.14. The van der Waals surface area contributed by atoms with Crippen LogP contribution in [0.2, 0.25) is 0 Å². The van der Waals surface area contributed by atoms with Crippen molar-refractivity contribution in [2.24, 2.45) is 5.10 Å². The Balaban J connectivity index is 2.96. The fourth-order valence-corrected chi connectivity index (χ4v) is 1.55. The van der Waals surface area contributed by atoms with Crippen LogP contribution in [0.4, 0.5) is 17.1 Å². The van der Waals surface area contributed by atoms with Gasteiger partial charge in [-0.25, -0.2) is 0 Å². The molecule has 0 amide bonds. The number of benzene rings is 1. The molecule has 0 atom stereocenters. The van der Waals surface area contributed by atoms with Gasteiger partial charge in [-0.1, -0.05) is 0 Å². The summed E-state index contributed by atoms with van der Waals surface area (Å²) in [5, 5.41) is 25.4. The lowest BCUT2D eigenvalue weighted by Gasteiger charge is -2.18. The molecule has 0 saturated carbocycles. The van der Waals surface area contributed by atoms with Crippen molar-refractivity contribution in [2.45, 2.75) is 26.4 Å². The van der Waals surface area contributed by atoms with E-state index in [0.29, 0.717) is 6.61 Å². The van der Waals surface area contributed by atoms with Crippen molar-refractivity contribution in [3.05, 3.63) is 38.4 Å². The van der Waals surface area contributed by atoms with Crippen LogP contribution in [-0.2, 0) is 4.74 Å². The van der Waals surface area contributed by atoms with E-state index in [1.165, 1.54) is 18.3 Å². The highest BCUT2D eigenvalue weighted by atomic mass is 16.6. The molecule has 0 aliphatic carbocycles. The van der Waals surface area contributed by atoms with Crippen LogP contribution in [-0.4, -0.2) is 28.3 Å². The second kappa shape index (κ2) is 6.75. The quantitative estimate of drug-likeness (QED) is 0.469. The molecule has 9 heteroatoms. The van der Waals surface area contributed by atoms with E-state index in [9.17, 15) is 20.2 Å². The van der Waals surface area contributed by atoms with Crippen LogP contribution in [0.5, 0.6) is 0 Å². The van der Waals surface area contributed by atoms with Crippen LogP contribution in [0.25, 0.3) is 0 Å². The second-order valence-corrected chi connectivity index (χ2v) is 4.62. The molecule has 0 aliphatic rings. The van der Waals surface area contributed by atoms with Crippen LogP contribution in [0.1, 0.15) is 20.8 Å². The van der Waals surface area contributed by atoms with Gasteiger partial charge in [0.25, 0.3) is 5.69 Å². The van der Waals surface area contributed by atoms with E-state index in [1.54, 1.807) is 13.8 Å². The molecule has 0 radical (unpaired) electrons. The van der Waals surface area contributed by atoms with Gasteiger partial charge < -0.3 is 4.74 Å². The normalized spacial score (nSPS) is 11.6. The highest BCUT2D eigenvalue weighted by molar-refractivity contribution is 5.71. The monoisotopic (exact) mass is 296 g/mol. The minimum atomic E-state index is -0.710. The maximum atomic E-state index is 10.9. The topological polar surface area (TPSA) is 120 Å². The highest BCUT2D eigenvalue weighted by Gasteiger charge is 2.19. The molecule has 1 aromatic rings. The van der Waals surface area contributed by atoms with Crippen LogP contribution in [0.3, 0.4) is 0 Å². The molecule has 0 saturated heterocycles. The molecule has 114 valence electrons. The lowest BCUT2D eigenvalue weighted by atomic mass is 10.2. The van der Waals surface area contributed by atoms with Crippen LogP contribution >= 0.6 is 0 Å². The molecule has 1 aromatic carbocycles. The Morgan fingerprint density at radius 3 is 2.52 bits per heavy atom. The number of ether oxygens (including phenoxy) is 1. The van der Waals surface area contributed by atoms with Gasteiger partial charge in [-0.3, -0.25) is 25.7 Å². The summed E-state index contributed by atoms with van der Waals surface area (Å²) < 4.78 is 5.38. The smallest absolute Gasteiger partial charge is 0.301 e. The summed E-state index contributed by atoms with van der Waals surface area (Å²) in [7, 11) is 0. The summed E-state index contributed by atoms with van der Waals surface area (Å²) in [6.07, 6.45) is 1.46. The third kappa shape index (κ3) is 4.80. The molecular weight excluding hydrogens is 280 g/mol. The highest BCUT2D eigenvalue weighted by Crippen LogP contribution is 2.28. The fourth-order valence-electron chi connectivity index (χ4n) is 1.55. The van der Waals surface area contributed by atoms with E-state index < -0.39 is 21.1 Å². The molecule has 9 nitrogen and oxygen atoms in total. The molecule has 1 rings (SSSR count). The number of anilines is 1. The predicted molar refractivity (Wildman–Crippen MR) is 77.6 cm³/mol. The Morgan fingerprint density at radius 1 is 1.33 bits per heavy atom. The number of nitrogens with one attached hydrogen (secondary N) is 1. The zero-order valence-corrected chi connectivity index (χ0v) is 11.9. The molecule has 0 fully saturated rings. The lowest BCUT2D eigenvalue weighted by molar-refractivity contribution is -0.393. The van der Waals surface area contributed by atoms with Gasteiger partial charge in [-0.05, 0) is 26.8 Å². The number of hydrazone groups is 1. The van der Waals surface area contributed by atoms with E-state index in [1.807, 2.05) is 6.92 Å². The molecule has 0 spiro atoms. The second-order valence-electron chi connectivity index (χ2n) is 4.62. The molecule has 0 heterocycles. The van der Waals surface area contributed by atoms with Gasteiger partial charge in [-0.15, -0.1) is 0 Å². The SMILES string of the molecule is CCOC(C)(C)/C=N\Nc1ccc([N+](=O)[O-])cc1[N+](=O)[O-]. The summed E-state index contributed by atoms with van der Waals surface area (Å²) in [6.45, 7) is 5.90. The maximum absolute atomic E-state index is 10.9. The van der Waals surface area contributed by atoms with E-state index >= 15 is 0 Å². The third-order valence-corrected chi connectivity index (χ3v) is 2.47. The van der Waals surface area contributed by atoms with Gasteiger partial charge in [0.1, 0.15) is 5.69 Å². The Morgan fingerprint density at radius 2 is 2.00 bits per heavy atom.